The van der Waals surface area contributed by atoms with Gasteiger partial charge in [-0.1, -0.05) is 0 Å². The van der Waals surface area contributed by atoms with E-state index in [0.717, 1.165) is 37.4 Å². The lowest BCUT2D eigenvalue weighted by Gasteiger charge is -2.11. The number of hydrogen-bond donors (Lipinski definition) is 1. The molecule has 1 aromatic carbocycles. The lowest BCUT2D eigenvalue weighted by Crippen LogP contribution is -2.16. The van der Waals surface area contributed by atoms with Crippen LogP contribution in [0.2, 0.25) is 0 Å². The SMILES string of the molecule is Cc1c2c(cc3c1OCO3)CCNCC2. The van der Waals surface area contributed by atoms with Crippen LogP contribution in [0.5, 0.6) is 11.5 Å². The number of ether oxygens (including phenoxy) is 2. The number of benzene rings is 1. The van der Waals surface area contributed by atoms with Gasteiger partial charge in [-0.15, -0.1) is 0 Å². The summed E-state index contributed by atoms with van der Waals surface area (Å²) >= 11 is 0. The molecule has 0 radical (unpaired) electrons. The maximum atomic E-state index is 5.49. The molecule has 2 heterocycles. The van der Waals surface area contributed by atoms with Crippen LogP contribution in [0.25, 0.3) is 0 Å². The first-order valence-electron chi connectivity index (χ1n) is 5.48. The zero-order valence-corrected chi connectivity index (χ0v) is 8.93. The Hall–Kier alpha value is -1.22. The monoisotopic (exact) mass is 205 g/mol. The van der Waals surface area contributed by atoms with Gasteiger partial charge in [0, 0.05) is 0 Å². The van der Waals surface area contributed by atoms with Crippen molar-refractivity contribution in [1.29, 1.82) is 0 Å². The van der Waals surface area contributed by atoms with E-state index >= 15 is 0 Å². The maximum absolute atomic E-state index is 5.49. The zero-order valence-electron chi connectivity index (χ0n) is 8.93. The van der Waals surface area contributed by atoms with Gasteiger partial charge < -0.3 is 14.8 Å². The fraction of sp³-hybridized carbons (Fsp3) is 0.500. The van der Waals surface area contributed by atoms with Crippen LogP contribution in [0, 0.1) is 6.92 Å². The van der Waals surface area contributed by atoms with Crippen LogP contribution in [-0.4, -0.2) is 19.9 Å². The van der Waals surface area contributed by atoms with Crippen molar-refractivity contribution < 1.29 is 9.47 Å². The minimum Gasteiger partial charge on any atom is -0.454 e. The smallest absolute Gasteiger partial charge is 0.231 e. The first-order valence-corrected chi connectivity index (χ1v) is 5.48. The molecule has 0 fully saturated rings. The van der Waals surface area contributed by atoms with Gasteiger partial charge in [-0.05, 0) is 55.6 Å². The van der Waals surface area contributed by atoms with E-state index in [2.05, 4.69) is 18.3 Å². The molecule has 80 valence electrons. The highest BCUT2D eigenvalue weighted by molar-refractivity contribution is 5.55. The highest BCUT2D eigenvalue weighted by atomic mass is 16.7. The van der Waals surface area contributed by atoms with Gasteiger partial charge in [0.2, 0.25) is 6.79 Å². The van der Waals surface area contributed by atoms with E-state index in [1.807, 2.05) is 0 Å². The molecule has 0 aromatic heterocycles. The molecule has 1 N–H and O–H groups in total. The molecule has 0 saturated carbocycles. The van der Waals surface area contributed by atoms with Crippen molar-refractivity contribution in [3.05, 3.63) is 22.8 Å². The second-order valence-corrected chi connectivity index (χ2v) is 4.12. The Bertz CT molecular complexity index is 401. The quantitative estimate of drug-likeness (QED) is 0.694. The fourth-order valence-corrected chi connectivity index (χ4v) is 2.44. The Balaban J connectivity index is 2.15. The molecular weight excluding hydrogens is 190 g/mol. The molecule has 0 saturated heterocycles. The highest BCUT2D eigenvalue weighted by Crippen LogP contribution is 2.39. The minimum atomic E-state index is 0.372. The summed E-state index contributed by atoms with van der Waals surface area (Å²) in [5, 5.41) is 3.41. The molecular formula is C12H15NO2. The Morgan fingerprint density at radius 3 is 3.00 bits per heavy atom. The third-order valence-electron chi connectivity index (χ3n) is 3.25. The van der Waals surface area contributed by atoms with Crippen LogP contribution in [-0.2, 0) is 12.8 Å². The van der Waals surface area contributed by atoms with Crippen LogP contribution in [0.3, 0.4) is 0 Å². The number of nitrogens with one attached hydrogen (secondary N) is 1. The third-order valence-corrected chi connectivity index (χ3v) is 3.25. The summed E-state index contributed by atoms with van der Waals surface area (Å²) in [5.41, 5.74) is 4.13. The highest BCUT2D eigenvalue weighted by Gasteiger charge is 2.22. The molecule has 15 heavy (non-hydrogen) atoms. The van der Waals surface area contributed by atoms with E-state index in [1.165, 1.54) is 16.7 Å². The average Bonchev–Trinajstić information content (AvgIpc) is 2.56. The zero-order chi connectivity index (χ0) is 10.3. The summed E-state index contributed by atoms with van der Waals surface area (Å²) < 4.78 is 10.9. The summed E-state index contributed by atoms with van der Waals surface area (Å²) in [5.74, 6) is 1.88. The molecule has 0 atom stereocenters. The molecule has 3 nitrogen and oxygen atoms in total. The first-order chi connectivity index (χ1) is 7.36. The lowest BCUT2D eigenvalue weighted by atomic mass is 9.96. The van der Waals surface area contributed by atoms with E-state index in [0.29, 0.717) is 6.79 Å². The molecule has 3 heteroatoms. The van der Waals surface area contributed by atoms with Crippen LogP contribution in [0.4, 0.5) is 0 Å². The van der Waals surface area contributed by atoms with Gasteiger partial charge in [-0.25, -0.2) is 0 Å². The maximum Gasteiger partial charge on any atom is 0.231 e. The van der Waals surface area contributed by atoms with Crippen molar-refractivity contribution in [3.63, 3.8) is 0 Å². The predicted molar refractivity (Wildman–Crippen MR) is 57.6 cm³/mol. The van der Waals surface area contributed by atoms with Gasteiger partial charge in [0.25, 0.3) is 0 Å². The van der Waals surface area contributed by atoms with Crippen LogP contribution in [0.1, 0.15) is 16.7 Å². The van der Waals surface area contributed by atoms with Crippen molar-refractivity contribution in [2.24, 2.45) is 0 Å². The first kappa shape index (κ1) is 9.04. The Labute approximate surface area is 89.4 Å². The van der Waals surface area contributed by atoms with E-state index in [1.54, 1.807) is 0 Å². The van der Waals surface area contributed by atoms with Crippen molar-refractivity contribution in [3.8, 4) is 11.5 Å². The Morgan fingerprint density at radius 2 is 2.07 bits per heavy atom. The summed E-state index contributed by atoms with van der Waals surface area (Å²) in [7, 11) is 0. The van der Waals surface area contributed by atoms with Crippen LogP contribution in [0.15, 0.2) is 6.07 Å². The van der Waals surface area contributed by atoms with Crippen molar-refractivity contribution in [2.75, 3.05) is 19.9 Å². The topological polar surface area (TPSA) is 30.5 Å². The van der Waals surface area contributed by atoms with Crippen LogP contribution < -0.4 is 14.8 Å². The van der Waals surface area contributed by atoms with E-state index in [4.69, 9.17) is 9.47 Å². The van der Waals surface area contributed by atoms with Gasteiger partial charge in [0.15, 0.2) is 11.5 Å². The standard InChI is InChI=1S/C12H15NO2/c1-8-10-3-5-13-4-2-9(10)6-11-12(8)15-7-14-11/h6,13H,2-5,7H2,1H3. The van der Waals surface area contributed by atoms with Gasteiger partial charge in [0.05, 0.1) is 0 Å². The van der Waals surface area contributed by atoms with Gasteiger partial charge in [0.1, 0.15) is 0 Å². The van der Waals surface area contributed by atoms with E-state index in [-0.39, 0.29) is 0 Å². The molecule has 1 aromatic rings. The second kappa shape index (κ2) is 3.42. The second-order valence-electron chi connectivity index (χ2n) is 4.12. The molecule has 0 aliphatic carbocycles. The molecule has 2 aliphatic heterocycles. The van der Waals surface area contributed by atoms with Gasteiger partial charge in [-0.3, -0.25) is 0 Å². The third kappa shape index (κ3) is 1.38. The van der Waals surface area contributed by atoms with Gasteiger partial charge >= 0.3 is 0 Å². The Morgan fingerprint density at radius 1 is 1.20 bits per heavy atom. The molecule has 0 spiro atoms. The summed E-state index contributed by atoms with van der Waals surface area (Å²) in [4.78, 5) is 0. The average molecular weight is 205 g/mol. The molecule has 0 unspecified atom stereocenters. The van der Waals surface area contributed by atoms with Crippen molar-refractivity contribution >= 4 is 0 Å². The Kier molecular flexibility index (Phi) is 2.06. The lowest BCUT2D eigenvalue weighted by molar-refractivity contribution is 0.173. The van der Waals surface area contributed by atoms with Crippen molar-refractivity contribution in [1.82, 2.24) is 5.32 Å². The molecule has 2 aliphatic rings. The van der Waals surface area contributed by atoms with E-state index < -0.39 is 0 Å². The van der Waals surface area contributed by atoms with Gasteiger partial charge in [-0.2, -0.15) is 0 Å². The summed E-state index contributed by atoms with van der Waals surface area (Å²) in [6.45, 7) is 4.63. The fourth-order valence-electron chi connectivity index (χ4n) is 2.44. The van der Waals surface area contributed by atoms with E-state index in [9.17, 15) is 0 Å². The van der Waals surface area contributed by atoms with Crippen molar-refractivity contribution in [2.45, 2.75) is 19.8 Å². The summed E-state index contributed by atoms with van der Waals surface area (Å²) in [6.07, 6.45) is 2.19. The van der Waals surface area contributed by atoms with Crippen LogP contribution >= 0.6 is 0 Å². The molecule has 0 bridgehead atoms. The normalized spacial score (nSPS) is 18.5. The number of rotatable bonds is 0. The number of fused-ring (bicyclic) bond motifs is 2. The molecule has 0 amide bonds. The number of hydrogen-bond acceptors (Lipinski definition) is 3. The predicted octanol–water partition coefficient (Wildman–Crippen LogP) is 1.41. The minimum absolute atomic E-state index is 0.372. The summed E-state index contributed by atoms with van der Waals surface area (Å²) in [6, 6.07) is 2.15. The molecule has 3 rings (SSSR count). The largest absolute Gasteiger partial charge is 0.454 e.